The summed E-state index contributed by atoms with van der Waals surface area (Å²) in [4.78, 5) is 25.8. The minimum absolute atomic E-state index is 0.00255. The van der Waals surface area contributed by atoms with Crippen LogP contribution >= 0.6 is 0 Å². The second-order valence-corrected chi connectivity index (χ2v) is 6.50. The molecule has 1 aliphatic rings. The van der Waals surface area contributed by atoms with Crippen molar-refractivity contribution in [3.8, 4) is 5.75 Å². The summed E-state index contributed by atoms with van der Waals surface area (Å²) in [6, 6.07) is 13.7. The van der Waals surface area contributed by atoms with E-state index in [-0.39, 0.29) is 11.7 Å². The van der Waals surface area contributed by atoms with Gasteiger partial charge in [0.2, 0.25) is 0 Å². The number of benzene rings is 2. The quantitative estimate of drug-likeness (QED) is 0.616. The maximum Gasteiger partial charge on any atom is 0.322 e. The van der Waals surface area contributed by atoms with Gasteiger partial charge in [-0.15, -0.1) is 0 Å². The number of non-ortho nitro benzene ring substituents is 1. The number of nitro benzene ring substituents is 1. The van der Waals surface area contributed by atoms with Gasteiger partial charge in [-0.2, -0.15) is 0 Å². The van der Waals surface area contributed by atoms with Crippen LogP contribution in [0.2, 0.25) is 0 Å². The third-order valence-electron chi connectivity index (χ3n) is 4.68. The molecule has 8 nitrogen and oxygen atoms in total. The smallest absolute Gasteiger partial charge is 0.322 e. The summed E-state index contributed by atoms with van der Waals surface area (Å²) in [6.07, 6.45) is 0. The Kier molecular flexibility index (Phi) is 5.87. The van der Waals surface area contributed by atoms with Crippen LogP contribution in [0, 0.1) is 10.1 Å². The number of quaternary nitrogens is 1. The number of anilines is 1. The van der Waals surface area contributed by atoms with Crippen molar-refractivity contribution in [1.82, 2.24) is 4.90 Å². The molecule has 2 aromatic carbocycles. The molecule has 142 valence electrons. The Balaban J connectivity index is 1.49. The van der Waals surface area contributed by atoms with Crippen LogP contribution in [0.5, 0.6) is 5.75 Å². The minimum atomic E-state index is -0.462. The van der Waals surface area contributed by atoms with E-state index in [1.54, 1.807) is 24.1 Å². The van der Waals surface area contributed by atoms with Gasteiger partial charge in [-0.1, -0.05) is 12.1 Å². The van der Waals surface area contributed by atoms with Crippen molar-refractivity contribution in [1.29, 1.82) is 0 Å². The highest BCUT2D eigenvalue weighted by Crippen LogP contribution is 2.16. The van der Waals surface area contributed by atoms with Crippen LogP contribution < -0.4 is 15.0 Å². The zero-order valence-electron chi connectivity index (χ0n) is 15.2. The van der Waals surface area contributed by atoms with Gasteiger partial charge < -0.3 is 19.9 Å². The van der Waals surface area contributed by atoms with Crippen LogP contribution in [-0.4, -0.2) is 49.1 Å². The van der Waals surface area contributed by atoms with E-state index >= 15 is 0 Å². The normalized spacial score (nSPS) is 14.6. The summed E-state index contributed by atoms with van der Waals surface area (Å²) >= 11 is 0. The van der Waals surface area contributed by atoms with Crippen molar-refractivity contribution in [2.24, 2.45) is 0 Å². The van der Waals surface area contributed by atoms with E-state index in [0.717, 1.165) is 25.4 Å². The van der Waals surface area contributed by atoms with Gasteiger partial charge in [0.05, 0.1) is 38.2 Å². The van der Waals surface area contributed by atoms with E-state index in [9.17, 15) is 14.9 Å². The Bertz CT molecular complexity index is 802. The topological polar surface area (TPSA) is 89.2 Å². The fourth-order valence-electron chi connectivity index (χ4n) is 3.14. The zero-order chi connectivity index (χ0) is 19.2. The summed E-state index contributed by atoms with van der Waals surface area (Å²) in [7, 11) is 1.66. The third-order valence-corrected chi connectivity index (χ3v) is 4.68. The van der Waals surface area contributed by atoms with Gasteiger partial charge in [-0.3, -0.25) is 10.1 Å². The minimum Gasteiger partial charge on any atom is -0.497 e. The van der Waals surface area contributed by atoms with Crippen LogP contribution in [0.3, 0.4) is 0 Å². The molecule has 1 fully saturated rings. The monoisotopic (exact) mass is 371 g/mol. The number of piperazine rings is 1. The zero-order valence-corrected chi connectivity index (χ0v) is 15.2. The van der Waals surface area contributed by atoms with Gasteiger partial charge in [0.1, 0.15) is 12.3 Å². The fraction of sp³-hybridized carbons (Fsp3) is 0.316. The third kappa shape index (κ3) is 4.95. The van der Waals surface area contributed by atoms with Crippen molar-refractivity contribution < 1.29 is 19.4 Å². The lowest BCUT2D eigenvalue weighted by Crippen LogP contribution is -3.13. The lowest BCUT2D eigenvalue weighted by atomic mass is 10.2. The number of carbonyl (C=O) groups is 1. The molecule has 0 radical (unpaired) electrons. The van der Waals surface area contributed by atoms with Crippen LogP contribution in [0.4, 0.5) is 16.2 Å². The van der Waals surface area contributed by atoms with Crippen molar-refractivity contribution in [3.05, 3.63) is 64.2 Å². The average Bonchev–Trinajstić information content (AvgIpc) is 2.69. The van der Waals surface area contributed by atoms with Gasteiger partial charge in [-0.05, 0) is 24.3 Å². The van der Waals surface area contributed by atoms with Gasteiger partial charge in [0.15, 0.2) is 0 Å². The van der Waals surface area contributed by atoms with E-state index in [1.807, 2.05) is 18.2 Å². The Morgan fingerprint density at radius 1 is 1.22 bits per heavy atom. The highest BCUT2D eigenvalue weighted by atomic mass is 16.6. The predicted octanol–water partition coefficient (Wildman–Crippen LogP) is 1.54. The molecule has 1 heterocycles. The first kappa shape index (κ1) is 18.7. The lowest BCUT2D eigenvalue weighted by molar-refractivity contribution is -0.917. The van der Waals surface area contributed by atoms with Crippen LogP contribution in [0.1, 0.15) is 5.56 Å². The molecule has 0 aromatic heterocycles. The second-order valence-electron chi connectivity index (χ2n) is 6.50. The molecular weight excluding hydrogens is 348 g/mol. The highest BCUT2D eigenvalue weighted by molar-refractivity contribution is 5.89. The number of nitrogens with one attached hydrogen (secondary N) is 2. The van der Waals surface area contributed by atoms with E-state index in [1.165, 1.54) is 22.6 Å². The van der Waals surface area contributed by atoms with Crippen molar-refractivity contribution in [3.63, 3.8) is 0 Å². The molecule has 1 saturated heterocycles. The predicted molar refractivity (Wildman–Crippen MR) is 101 cm³/mol. The van der Waals surface area contributed by atoms with Gasteiger partial charge >= 0.3 is 6.03 Å². The molecule has 0 aliphatic carbocycles. The summed E-state index contributed by atoms with van der Waals surface area (Å²) in [5.74, 6) is 0.855. The molecule has 8 heteroatoms. The molecule has 2 aromatic rings. The van der Waals surface area contributed by atoms with Gasteiger partial charge in [0.25, 0.3) is 5.69 Å². The van der Waals surface area contributed by atoms with Crippen LogP contribution in [-0.2, 0) is 6.54 Å². The molecule has 0 bridgehead atoms. The number of carbonyl (C=O) groups excluding carboxylic acids is 1. The maximum absolute atomic E-state index is 12.4. The SMILES string of the molecule is COc1cccc(C[NH+]2CCN(C(=O)Nc3ccc([N+](=O)[O-])cc3)CC2)c1. The number of nitro groups is 1. The summed E-state index contributed by atoms with van der Waals surface area (Å²) in [5, 5.41) is 13.5. The molecule has 1 aliphatic heterocycles. The van der Waals surface area contributed by atoms with E-state index in [2.05, 4.69) is 11.4 Å². The molecule has 2 N–H and O–H groups in total. The number of nitrogens with zero attached hydrogens (tertiary/aromatic N) is 2. The number of amides is 2. The number of hydrogen-bond donors (Lipinski definition) is 2. The number of methoxy groups -OCH3 is 1. The van der Waals surface area contributed by atoms with Gasteiger partial charge in [0, 0.05) is 23.4 Å². The molecule has 0 atom stereocenters. The first-order chi connectivity index (χ1) is 13.0. The summed E-state index contributed by atoms with van der Waals surface area (Å²) in [6.45, 7) is 3.96. The average molecular weight is 371 g/mol. The van der Waals surface area contributed by atoms with Gasteiger partial charge in [-0.25, -0.2) is 4.79 Å². The summed E-state index contributed by atoms with van der Waals surface area (Å²) in [5.41, 5.74) is 1.77. The van der Waals surface area contributed by atoms with Crippen LogP contribution in [0.15, 0.2) is 48.5 Å². The standard InChI is InChI=1S/C19H22N4O4/c1-27-18-4-2-3-15(13-18)14-21-9-11-22(12-10-21)19(24)20-16-5-7-17(8-6-16)23(25)26/h2-8,13H,9-12,14H2,1H3,(H,20,24)/p+1. The number of urea groups is 1. The van der Waals surface area contributed by atoms with Crippen molar-refractivity contribution >= 4 is 17.4 Å². The molecule has 0 unspecified atom stereocenters. The highest BCUT2D eigenvalue weighted by Gasteiger charge is 2.24. The van der Waals surface area contributed by atoms with Crippen molar-refractivity contribution in [2.75, 3.05) is 38.6 Å². The second kappa shape index (κ2) is 8.50. The molecule has 3 rings (SSSR count). The number of hydrogen-bond acceptors (Lipinski definition) is 4. The first-order valence-electron chi connectivity index (χ1n) is 8.82. The van der Waals surface area contributed by atoms with E-state index in [4.69, 9.17) is 4.74 Å². The fourth-order valence-corrected chi connectivity index (χ4v) is 3.14. The molecule has 0 saturated carbocycles. The number of ether oxygens (including phenoxy) is 1. The van der Waals surface area contributed by atoms with Crippen LogP contribution in [0.25, 0.3) is 0 Å². The number of rotatable bonds is 5. The Morgan fingerprint density at radius 2 is 1.93 bits per heavy atom. The van der Waals surface area contributed by atoms with E-state index < -0.39 is 4.92 Å². The maximum atomic E-state index is 12.4. The molecule has 2 amide bonds. The first-order valence-corrected chi connectivity index (χ1v) is 8.82. The Hall–Kier alpha value is -3.13. The van der Waals surface area contributed by atoms with Crippen molar-refractivity contribution in [2.45, 2.75) is 6.54 Å². The lowest BCUT2D eigenvalue weighted by Gasteiger charge is -2.32. The van der Waals surface area contributed by atoms with E-state index in [0.29, 0.717) is 18.8 Å². The largest absolute Gasteiger partial charge is 0.497 e. The molecule has 0 spiro atoms. The Labute approximate surface area is 157 Å². The summed E-state index contributed by atoms with van der Waals surface area (Å²) < 4.78 is 5.26. The Morgan fingerprint density at radius 3 is 2.56 bits per heavy atom. The molecule has 27 heavy (non-hydrogen) atoms. The molecular formula is C19H23N4O4+.